The van der Waals surface area contributed by atoms with Crippen LogP contribution in [0, 0.1) is 17.8 Å². The first-order chi connectivity index (χ1) is 12.8. The maximum Gasteiger partial charge on any atom is 0.00385 e. The minimum Gasteiger partial charge on any atom is -0.301 e. The normalized spacial score (nSPS) is 22.2. The van der Waals surface area contributed by atoms with E-state index in [9.17, 15) is 0 Å². The second-order valence-electron chi connectivity index (χ2n) is 8.88. The second kappa shape index (κ2) is 18.0. The predicted molar refractivity (Wildman–Crippen MR) is 127 cm³/mol. The zero-order valence-corrected chi connectivity index (χ0v) is 21.1. The summed E-state index contributed by atoms with van der Waals surface area (Å²) in [6.45, 7) is 29.6. The first-order valence-electron chi connectivity index (χ1n) is 12.3. The van der Waals surface area contributed by atoms with Gasteiger partial charge in [-0.2, -0.15) is 0 Å². The monoisotopic (exact) mass is 384 g/mol. The van der Waals surface area contributed by atoms with Gasteiger partial charge in [-0.1, -0.05) is 48.5 Å². The maximum atomic E-state index is 2.63. The first kappa shape index (κ1) is 29.1. The van der Waals surface area contributed by atoms with Crippen LogP contribution in [0.15, 0.2) is 0 Å². The van der Waals surface area contributed by atoms with E-state index in [4.69, 9.17) is 0 Å². The second-order valence-corrected chi connectivity index (χ2v) is 8.88. The van der Waals surface area contributed by atoms with E-state index in [0.29, 0.717) is 0 Å². The molecule has 1 unspecified atom stereocenters. The van der Waals surface area contributed by atoms with E-state index in [2.05, 4.69) is 58.3 Å². The summed E-state index contributed by atoms with van der Waals surface area (Å²) in [5.41, 5.74) is 0. The number of rotatable bonds is 3. The third kappa shape index (κ3) is 13.7. The van der Waals surface area contributed by atoms with E-state index in [1.165, 1.54) is 58.3 Å². The van der Waals surface area contributed by atoms with E-state index >= 15 is 0 Å². The smallest absolute Gasteiger partial charge is 0.00385 e. The summed E-state index contributed by atoms with van der Waals surface area (Å²) in [5.74, 6) is 2.82. The average Bonchev–Trinajstić information content (AvgIpc) is 2.92. The number of piperidine rings is 1. The highest BCUT2D eigenvalue weighted by Gasteiger charge is 2.20. The Morgan fingerprint density at radius 1 is 0.593 bits per heavy atom. The lowest BCUT2D eigenvalue weighted by Gasteiger charge is -2.33. The molecular formula is C25H56N2. The molecule has 0 aliphatic carbocycles. The molecule has 2 nitrogen and oxygen atoms in total. The van der Waals surface area contributed by atoms with Gasteiger partial charge in [0, 0.05) is 12.1 Å². The van der Waals surface area contributed by atoms with E-state index in [1.54, 1.807) is 0 Å². The Labute approximate surface area is 174 Å². The molecule has 0 radical (unpaired) electrons. The molecule has 2 heteroatoms. The predicted octanol–water partition coefficient (Wildman–Crippen LogP) is 7.33. The molecule has 1 atom stereocenters. The van der Waals surface area contributed by atoms with Gasteiger partial charge in [-0.25, -0.2) is 0 Å². The van der Waals surface area contributed by atoms with E-state index in [-0.39, 0.29) is 0 Å². The molecule has 166 valence electrons. The van der Waals surface area contributed by atoms with Crippen molar-refractivity contribution in [2.75, 3.05) is 26.2 Å². The lowest BCUT2D eigenvalue weighted by atomic mass is 9.89. The fourth-order valence-corrected chi connectivity index (χ4v) is 3.87. The summed E-state index contributed by atoms with van der Waals surface area (Å²) in [6.07, 6.45) is 7.06. The quantitative estimate of drug-likeness (QED) is 0.502. The van der Waals surface area contributed by atoms with Crippen molar-refractivity contribution < 1.29 is 0 Å². The molecule has 27 heavy (non-hydrogen) atoms. The van der Waals surface area contributed by atoms with Crippen molar-refractivity contribution in [2.45, 2.75) is 120 Å². The minimum atomic E-state index is 0.742. The van der Waals surface area contributed by atoms with Crippen LogP contribution in [0.4, 0.5) is 0 Å². The fourth-order valence-electron chi connectivity index (χ4n) is 3.87. The standard InChI is InChI=1S/C12H25N.C9H19N.2C2H6/c1-10(2)12-6-5-8-13(9-7-12)11(3)4;1-8(2)10-6-4-9(3)5-7-10;2*1-2/h10-12H,5-9H2,1-4H3;8-9H,4-7H2,1-3H3;2*1-2H3. The van der Waals surface area contributed by atoms with Crippen molar-refractivity contribution in [2.24, 2.45) is 17.8 Å². The SMILES string of the molecule is CC.CC.CC(C)C1CCCN(C(C)C)CC1.CC1CCN(C(C)C)CC1. The zero-order chi connectivity index (χ0) is 21.4. The molecule has 0 aromatic rings. The van der Waals surface area contributed by atoms with Crippen LogP contribution in [-0.4, -0.2) is 48.1 Å². The summed E-state index contributed by atoms with van der Waals surface area (Å²) in [4.78, 5) is 5.20. The highest BCUT2D eigenvalue weighted by Crippen LogP contribution is 2.25. The molecule has 2 aliphatic rings. The number of hydrogen-bond donors (Lipinski definition) is 0. The van der Waals surface area contributed by atoms with Gasteiger partial charge in [0.15, 0.2) is 0 Å². The average molecular weight is 385 g/mol. The third-order valence-corrected chi connectivity index (χ3v) is 6.03. The first-order valence-corrected chi connectivity index (χ1v) is 12.3. The van der Waals surface area contributed by atoms with Gasteiger partial charge in [-0.05, 0) is 104 Å². The van der Waals surface area contributed by atoms with Gasteiger partial charge in [-0.15, -0.1) is 0 Å². The van der Waals surface area contributed by atoms with Crippen molar-refractivity contribution in [1.82, 2.24) is 9.80 Å². The van der Waals surface area contributed by atoms with Crippen molar-refractivity contribution in [1.29, 1.82) is 0 Å². The minimum absolute atomic E-state index is 0.742. The summed E-state index contributed by atoms with van der Waals surface area (Å²) < 4.78 is 0. The molecule has 2 saturated heterocycles. The van der Waals surface area contributed by atoms with Crippen molar-refractivity contribution >= 4 is 0 Å². The van der Waals surface area contributed by atoms with Crippen LogP contribution >= 0.6 is 0 Å². The maximum absolute atomic E-state index is 2.63. The molecule has 2 rings (SSSR count). The van der Waals surface area contributed by atoms with Gasteiger partial charge in [0.2, 0.25) is 0 Å². The molecule has 0 amide bonds. The van der Waals surface area contributed by atoms with Gasteiger partial charge < -0.3 is 9.80 Å². The van der Waals surface area contributed by atoms with Crippen LogP contribution in [0.3, 0.4) is 0 Å². The zero-order valence-electron chi connectivity index (χ0n) is 21.1. The van der Waals surface area contributed by atoms with Gasteiger partial charge in [0.05, 0.1) is 0 Å². The lowest BCUT2D eigenvalue weighted by molar-refractivity contribution is 0.156. The van der Waals surface area contributed by atoms with Gasteiger partial charge in [0.1, 0.15) is 0 Å². The van der Waals surface area contributed by atoms with Crippen molar-refractivity contribution in [3.63, 3.8) is 0 Å². The molecule has 0 aromatic carbocycles. The molecule has 0 spiro atoms. The van der Waals surface area contributed by atoms with Crippen molar-refractivity contribution in [3.8, 4) is 0 Å². The van der Waals surface area contributed by atoms with E-state index in [0.717, 1.165) is 29.8 Å². The number of hydrogen-bond acceptors (Lipinski definition) is 2. The third-order valence-electron chi connectivity index (χ3n) is 6.03. The Kier molecular flexibility index (Phi) is 19.4. The van der Waals surface area contributed by atoms with Gasteiger partial charge in [-0.3, -0.25) is 0 Å². The molecule has 2 heterocycles. The van der Waals surface area contributed by atoms with Crippen LogP contribution in [0.25, 0.3) is 0 Å². The molecule has 0 saturated carbocycles. The molecule has 0 aromatic heterocycles. The fraction of sp³-hybridized carbons (Fsp3) is 1.00. The van der Waals surface area contributed by atoms with Crippen molar-refractivity contribution in [3.05, 3.63) is 0 Å². The Balaban J connectivity index is 0. The summed E-state index contributed by atoms with van der Waals surface area (Å²) in [6, 6.07) is 1.50. The summed E-state index contributed by atoms with van der Waals surface area (Å²) in [7, 11) is 0. The van der Waals surface area contributed by atoms with Crippen LogP contribution < -0.4 is 0 Å². The summed E-state index contributed by atoms with van der Waals surface area (Å²) in [5, 5.41) is 0. The molecule has 2 aliphatic heterocycles. The molecule has 0 bridgehead atoms. The van der Waals surface area contributed by atoms with E-state index < -0.39 is 0 Å². The number of likely N-dealkylation sites (tertiary alicyclic amines) is 2. The topological polar surface area (TPSA) is 6.48 Å². The van der Waals surface area contributed by atoms with E-state index in [1.807, 2.05) is 27.7 Å². The Morgan fingerprint density at radius 3 is 1.41 bits per heavy atom. The Hall–Kier alpha value is -0.0800. The largest absolute Gasteiger partial charge is 0.301 e. The van der Waals surface area contributed by atoms with Gasteiger partial charge in [0.25, 0.3) is 0 Å². The lowest BCUT2D eigenvalue weighted by Crippen LogP contribution is -2.37. The van der Waals surface area contributed by atoms with Crippen LogP contribution in [0.1, 0.15) is 108 Å². The van der Waals surface area contributed by atoms with Gasteiger partial charge >= 0.3 is 0 Å². The molecular weight excluding hydrogens is 328 g/mol. The highest BCUT2D eigenvalue weighted by molar-refractivity contribution is 4.74. The number of nitrogens with zero attached hydrogens (tertiary/aromatic N) is 2. The molecule has 0 N–H and O–H groups in total. The highest BCUT2D eigenvalue weighted by atomic mass is 15.1. The van der Waals surface area contributed by atoms with Crippen LogP contribution in [0.2, 0.25) is 0 Å². The Morgan fingerprint density at radius 2 is 1.00 bits per heavy atom. The van der Waals surface area contributed by atoms with Crippen LogP contribution in [0.5, 0.6) is 0 Å². The van der Waals surface area contributed by atoms with Crippen LogP contribution in [-0.2, 0) is 0 Å². The Bertz CT molecular complexity index is 275. The molecule has 2 fully saturated rings. The summed E-state index contributed by atoms with van der Waals surface area (Å²) >= 11 is 0.